The van der Waals surface area contributed by atoms with Gasteiger partial charge in [-0.25, -0.2) is 0 Å². The number of hydrogen-bond acceptors (Lipinski definition) is 3. The summed E-state index contributed by atoms with van der Waals surface area (Å²) >= 11 is 0. The third kappa shape index (κ3) is 2.20. The zero-order valence-corrected chi connectivity index (χ0v) is 13.2. The lowest BCUT2D eigenvalue weighted by molar-refractivity contribution is -0.156. The lowest BCUT2D eigenvalue weighted by Crippen LogP contribution is -2.48. The van der Waals surface area contributed by atoms with E-state index in [1.54, 1.807) is 0 Å². The number of esters is 1. The molecule has 4 atom stereocenters. The standard InChI is InChI=1S/C17H28O3/c1-12-7-8-14-13(16(12,2)10-11-18)6-5-9-17(14,3)15(19)20-4/h6,12,14,18H,5,7-11H2,1-4H3/t12?,14-,16-,17-/m0/s1. The van der Waals surface area contributed by atoms with Crippen LogP contribution in [0.15, 0.2) is 11.6 Å². The second kappa shape index (κ2) is 5.51. The first kappa shape index (κ1) is 15.6. The van der Waals surface area contributed by atoms with E-state index < -0.39 is 5.41 Å². The molecule has 0 bridgehead atoms. The third-order valence-corrected chi connectivity index (χ3v) is 6.09. The van der Waals surface area contributed by atoms with Gasteiger partial charge in [-0.3, -0.25) is 4.79 Å². The predicted octanol–water partition coefficient (Wildman–Crippen LogP) is 3.32. The summed E-state index contributed by atoms with van der Waals surface area (Å²) in [5.74, 6) is 0.752. The molecule has 3 nitrogen and oxygen atoms in total. The van der Waals surface area contributed by atoms with Gasteiger partial charge in [-0.05, 0) is 56.3 Å². The fraction of sp³-hybridized carbons (Fsp3) is 0.824. The summed E-state index contributed by atoms with van der Waals surface area (Å²) in [6.45, 7) is 6.80. The van der Waals surface area contributed by atoms with E-state index in [0.717, 1.165) is 32.1 Å². The Kier molecular flexibility index (Phi) is 4.29. The second-order valence-electron chi connectivity index (χ2n) is 7.03. The van der Waals surface area contributed by atoms with E-state index in [0.29, 0.717) is 5.92 Å². The summed E-state index contributed by atoms with van der Waals surface area (Å²) in [7, 11) is 1.49. The van der Waals surface area contributed by atoms with Crippen LogP contribution < -0.4 is 0 Å². The van der Waals surface area contributed by atoms with E-state index in [1.807, 2.05) is 0 Å². The van der Waals surface area contributed by atoms with Gasteiger partial charge in [0.25, 0.3) is 0 Å². The Labute approximate surface area is 122 Å². The zero-order chi connectivity index (χ0) is 15.0. The number of aliphatic hydroxyl groups is 1. The Morgan fingerprint density at radius 2 is 2.15 bits per heavy atom. The first-order valence-corrected chi connectivity index (χ1v) is 7.80. The highest BCUT2D eigenvalue weighted by atomic mass is 16.5. The van der Waals surface area contributed by atoms with Crippen LogP contribution in [0.25, 0.3) is 0 Å². The second-order valence-corrected chi connectivity index (χ2v) is 7.03. The number of carbonyl (C=O) groups excluding carboxylic acids is 1. The van der Waals surface area contributed by atoms with Crippen LogP contribution in [0.2, 0.25) is 0 Å². The first-order valence-electron chi connectivity index (χ1n) is 7.80. The highest BCUT2D eigenvalue weighted by Crippen LogP contribution is 2.58. The summed E-state index contributed by atoms with van der Waals surface area (Å²) < 4.78 is 5.08. The monoisotopic (exact) mass is 280 g/mol. The highest BCUT2D eigenvalue weighted by molar-refractivity contribution is 5.77. The fourth-order valence-corrected chi connectivity index (χ4v) is 4.41. The number of rotatable bonds is 3. The van der Waals surface area contributed by atoms with Gasteiger partial charge < -0.3 is 9.84 Å². The van der Waals surface area contributed by atoms with E-state index in [2.05, 4.69) is 26.8 Å². The van der Waals surface area contributed by atoms with Crippen LogP contribution in [0.4, 0.5) is 0 Å². The van der Waals surface area contributed by atoms with E-state index in [9.17, 15) is 9.90 Å². The van der Waals surface area contributed by atoms with Crippen molar-refractivity contribution in [1.29, 1.82) is 0 Å². The molecule has 0 aromatic carbocycles. The maximum absolute atomic E-state index is 12.3. The minimum atomic E-state index is -0.393. The van der Waals surface area contributed by atoms with Crippen LogP contribution in [0.5, 0.6) is 0 Å². The van der Waals surface area contributed by atoms with Gasteiger partial charge in [-0.15, -0.1) is 0 Å². The van der Waals surface area contributed by atoms with Gasteiger partial charge in [0.1, 0.15) is 0 Å². The van der Waals surface area contributed by atoms with E-state index in [1.165, 1.54) is 12.7 Å². The molecule has 0 aliphatic heterocycles. The molecule has 2 aliphatic rings. The molecule has 0 aromatic heterocycles. The van der Waals surface area contributed by atoms with Crippen molar-refractivity contribution in [2.75, 3.05) is 13.7 Å². The first-order chi connectivity index (χ1) is 9.40. The van der Waals surface area contributed by atoms with Crippen LogP contribution in [0, 0.1) is 22.7 Å². The molecule has 0 aromatic rings. The Morgan fingerprint density at radius 1 is 1.45 bits per heavy atom. The van der Waals surface area contributed by atoms with Crippen molar-refractivity contribution >= 4 is 5.97 Å². The Hall–Kier alpha value is -0.830. The topological polar surface area (TPSA) is 46.5 Å². The molecule has 1 fully saturated rings. The van der Waals surface area contributed by atoms with Crippen molar-refractivity contribution in [3.8, 4) is 0 Å². The molecular formula is C17H28O3. The SMILES string of the molecule is COC(=O)[C@@]1(C)CCC=C2[C@@H]1CCC(C)[C@]2(C)CCO. The molecule has 2 aliphatic carbocycles. The summed E-state index contributed by atoms with van der Waals surface area (Å²) in [5, 5.41) is 9.46. The minimum Gasteiger partial charge on any atom is -0.469 e. The van der Waals surface area contributed by atoms with E-state index in [-0.39, 0.29) is 23.9 Å². The molecule has 1 saturated carbocycles. The van der Waals surface area contributed by atoms with Crippen LogP contribution in [0.1, 0.15) is 52.9 Å². The van der Waals surface area contributed by atoms with Crippen molar-refractivity contribution in [3.63, 3.8) is 0 Å². The molecule has 0 amide bonds. The maximum atomic E-state index is 12.3. The van der Waals surface area contributed by atoms with Crippen molar-refractivity contribution < 1.29 is 14.6 Å². The molecule has 3 heteroatoms. The van der Waals surface area contributed by atoms with Crippen LogP contribution >= 0.6 is 0 Å². The number of ether oxygens (including phenoxy) is 1. The summed E-state index contributed by atoms with van der Waals surface area (Å²) in [6, 6.07) is 0. The number of carbonyl (C=O) groups is 1. The summed E-state index contributed by atoms with van der Waals surface area (Å²) in [4.78, 5) is 12.3. The van der Waals surface area contributed by atoms with E-state index in [4.69, 9.17) is 4.74 Å². The van der Waals surface area contributed by atoms with Crippen molar-refractivity contribution in [1.82, 2.24) is 0 Å². The summed E-state index contributed by atoms with van der Waals surface area (Å²) in [5.41, 5.74) is 1.02. The number of fused-ring (bicyclic) bond motifs is 1. The Balaban J connectivity index is 2.40. The molecule has 0 saturated heterocycles. The Bertz CT molecular complexity index is 414. The largest absolute Gasteiger partial charge is 0.469 e. The fourth-order valence-electron chi connectivity index (χ4n) is 4.41. The van der Waals surface area contributed by atoms with Crippen LogP contribution in [0.3, 0.4) is 0 Å². The quantitative estimate of drug-likeness (QED) is 0.637. The molecule has 1 unspecified atom stereocenters. The van der Waals surface area contributed by atoms with Gasteiger partial charge in [0.15, 0.2) is 0 Å². The van der Waals surface area contributed by atoms with Gasteiger partial charge in [-0.2, -0.15) is 0 Å². The van der Waals surface area contributed by atoms with Crippen molar-refractivity contribution in [2.45, 2.75) is 52.9 Å². The van der Waals surface area contributed by atoms with Gasteiger partial charge in [0.05, 0.1) is 12.5 Å². The molecule has 20 heavy (non-hydrogen) atoms. The van der Waals surface area contributed by atoms with Gasteiger partial charge in [-0.1, -0.05) is 25.5 Å². The molecular weight excluding hydrogens is 252 g/mol. The summed E-state index contributed by atoms with van der Waals surface area (Å²) in [6.07, 6.45) is 7.10. The molecule has 0 radical (unpaired) electrons. The smallest absolute Gasteiger partial charge is 0.312 e. The van der Waals surface area contributed by atoms with E-state index >= 15 is 0 Å². The van der Waals surface area contributed by atoms with Gasteiger partial charge in [0, 0.05) is 6.61 Å². The van der Waals surface area contributed by atoms with Gasteiger partial charge in [0.2, 0.25) is 0 Å². The molecule has 2 rings (SSSR count). The number of hydrogen-bond donors (Lipinski definition) is 1. The predicted molar refractivity (Wildman–Crippen MR) is 79.1 cm³/mol. The van der Waals surface area contributed by atoms with Crippen molar-refractivity contribution in [2.24, 2.45) is 22.7 Å². The molecule has 1 N–H and O–H groups in total. The zero-order valence-electron chi connectivity index (χ0n) is 13.2. The normalized spacial score (nSPS) is 40.8. The van der Waals surface area contributed by atoms with Crippen LogP contribution in [-0.2, 0) is 9.53 Å². The maximum Gasteiger partial charge on any atom is 0.312 e. The molecule has 114 valence electrons. The highest BCUT2D eigenvalue weighted by Gasteiger charge is 2.52. The number of allylic oxidation sites excluding steroid dienone is 2. The number of aliphatic hydroxyl groups excluding tert-OH is 1. The van der Waals surface area contributed by atoms with Crippen LogP contribution in [-0.4, -0.2) is 24.8 Å². The average Bonchev–Trinajstić information content (AvgIpc) is 2.43. The minimum absolute atomic E-state index is 0.0212. The molecule has 0 heterocycles. The lowest BCUT2D eigenvalue weighted by atomic mass is 9.52. The molecule has 0 spiro atoms. The van der Waals surface area contributed by atoms with Gasteiger partial charge >= 0.3 is 5.97 Å². The number of methoxy groups -OCH3 is 1. The third-order valence-electron chi connectivity index (χ3n) is 6.09. The van der Waals surface area contributed by atoms with Crippen molar-refractivity contribution in [3.05, 3.63) is 11.6 Å². The Morgan fingerprint density at radius 3 is 2.75 bits per heavy atom. The average molecular weight is 280 g/mol. The lowest BCUT2D eigenvalue weighted by Gasteiger charge is -2.52.